The van der Waals surface area contributed by atoms with Crippen molar-refractivity contribution in [3.05, 3.63) is 0 Å². The lowest BCUT2D eigenvalue weighted by Gasteiger charge is -2.31. The first kappa shape index (κ1) is 9.60. The number of aliphatic hydroxyl groups excluding tert-OH is 1. The van der Waals surface area contributed by atoms with Gasteiger partial charge in [0.1, 0.15) is 0 Å². The summed E-state index contributed by atoms with van der Waals surface area (Å²) in [5.41, 5.74) is 0. The molecule has 0 radical (unpaired) electrons. The van der Waals surface area contributed by atoms with Crippen molar-refractivity contribution in [2.75, 3.05) is 0 Å². The first-order chi connectivity index (χ1) is 7.11. The quantitative estimate of drug-likeness (QED) is 0.681. The van der Waals surface area contributed by atoms with E-state index in [1.807, 2.05) is 18.7 Å². The first-order valence-corrected chi connectivity index (χ1v) is 5.77. The molecular weight excluding hydrogens is 194 g/mol. The van der Waals surface area contributed by atoms with Gasteiger partial charge in [0.15, 0.2) is 6.29 Å². The number of amides is 1. The van der Waals surface area contributed by atoms with Crippen LogP contribution in [0.1, 0.15) is 26.7 Å². The van der Waals surface area contributed by atoms with E-state index in [0.717, 1.165) is 12.8 Å². The molecule has 1 N–H and O–H groups in total. The molecule has 0 spiro atoms. The van der Waals surface area contributed by atoms with Gasteiger partial charge in [0.2, 0.25) is 5.91 Å². The Morgan fingerprint density at radius 3 is 2.87 bits per heavy atom. The molecule has 0 aromatic carbocycles. The van der Waals surface area contributed by atoms with Crippen LogP contribution in [0.5, 0.6) is 0 Å². The van der Waals surface area contributed by atoms with Crippen LogP contribution in [0, 0.1) is 11.8 Å². The second-order valence-corrected chi connectivity index (χ2v) is 5.17. The fourth-order valence-corrected chi connectivity index (χ4v) is 3.50. The van der Waals surface area contributed by atoms with Crippen molar-refractivity contribution >= 4 is 5.91 Å². The molecule has 0 aromatic heterocycles. The van der Waals surface area contributed by atoms with E-state index in [2.05, 4.69) is 0 Å². The van der Waals surface area contributed by atoms with E-state index in [-0.39, 0.29) is 35.9 Å². The largest absolute Gasteiger partial charge is 0.368 e. The molecule has 2 heterocycles. The van der Waals surface area contributed by atoms with Crippen molar-refractivity contribution < 1.29 is 14.6 Å². The highest BCUT2D eigenvalue weighted by Crippen LogP contribution is 2.49. The van der Waals surface area contributed by atoms with Crippen LogP contribution in [0.15, 0.2) is 0 Å². The summed E-state index contributed by atoms with van der Waals surface area (Å²) in [6.45, 7) is 4.06. The highest BCUT2D eigenvalue weighted by atomic mass is 16.6. The van der Waals surface area contributed by atoms with E-state index in [0.29, 0.717) is 0 Å². The minimum Gasteiger partial charge on any atom is -0.368 e. The molecule has 3 rings (SSSR count). The zero-order valence-electron chi connectivity index (χ0n) is 9.09. The monoisotopic (exact) mass is 211 g/mol. The molecule has 4 heteroatoms. The smallest absolute Gasteiger partial charge is 0.228 e. The molecule has 1 aliphatic carbocycles. The van der Waals surface area contributed by atoms with Gasteiger partial charge in [-0.1, -0.05) is 0 Å². The van der Waals surface area contributed by atoms with Gasteiger partial charge >= 0.3 is 0 Å². The molecule has 0 aromatic rings. The minimum atomic E-state index is -0.653. The lowest BCUT2D eigenvalue weighted by atomic mass is 9.82. The van der Waals surface area contributed by atoms with E-state index >= 15 is 0 Å². The Bertz CT molecular complexity index is 304. The zero-order valence-corrected chi connectivity index (χ0v) is 9.09. The molecule has 84 valence electrons. The lowest BCUT2D eigenvalue weighted by molar-refractivity contribution is -0.139. The van der Waals surface area contributed by atoms with Crippen molar-refractivity contribution in [1.82, 2.24) is 4.90 Å². The summed E-state index contributed by atoms with van der Waals surface area (Å²) in [6.07, 6.45) is 1.10. The van der Waals surface area contributed by atoms with Crippen LogP contribution < -0.4 is 0 Å². The summed E-state index contributed by atoms with van der Waals surface area (Å²) in [7, 11) is 0. The highest BCUT2D eigenvalue weighted by Gasteiger charge is 2.61. The van der Waals surface area contributed by atoms with Crippen LogP contribution in [0.2, 0.25) is 0 Å². The summed E-state index contributed by atoms with van der Waals surface area (Å²) >= 11 is 0. The molecule has 15 heavy (non-hydrogen) atoms. The van der Waals surface area contributed by atoms with Gasteiger partial charge in [-0.05, 0) is 26.7 Å². The Labute approximate surface area is 89.2 Å². The SMILES string of the molecule is CC(C)N1C(=O)C2CCC3C(O)OC2C31. The van der Waals surface area contributed by atoms with Gasteiger partial charge in [-0.2, -0.15) is 0 Å². The average molecular weight is 211 g/mol. The Morgan fingerprint density at radius 2 is 2.20 bits per heavy atom. The summed E-state index contributed by atoms with van der Waals surface area (Å²) in [6, 6.07) is 0.343. The van der Waals surface area contributed by atoms with Crippen molar-refractivity contribution in [3.63, 3.8) is 0 Å². The van der Waals surface area contributed by atoms with E-state index in [1.165, 1.54) is 0 Å². The van der Waals surface area contributed by atoms with Gasteiger partial charge in [0, 0.05) is 12.0 Å². The number of hydrogen-bond acceptors (Lipinski definition) is 3. The van der Waals surface area contributed by atoms with Crippen LogP contribution >= 0.6 is 0 Å². The Hall–Kier alpha value is -0.610. The number of ether oxygens (including phenoxy) is 1. The third-order valence-corrected chi connectivity index (χ3v) is 4.09. The minimum absolute atomic E-state index is 0.00537. The maximum absolute atomic E-state index is 12.1. The van der Waals surface area contributed by atoms with Gasteiger partial charge in [-0.15, -0.1) is 0 Å². The molecule has 1 amide bonds. The fraction of sp³-hybridized carbons (Fsp3) is 0.909. The average Bonchev–Trinajstić information content (AvgIpc) is 2.50. The second-order valence-electron chi connectivity index (χ2n) is 5.17. The molecule has 1 saturated carbocycles. The van der Waals surface area contributed by atoms with Crippen molar-refractivity contribution in [3.8, 4) is 0 Å². The van der Waals surface area contributed by atoms with Gasteiger partial charge in [0.25, 0.3) is 0 Å². The Kier molecular flexibility index (Phi) is 1.89. The van der Waals surface area contributed by atoms with Gasteiger partial charge in [-0.3, -0.25) is 4.79 Å². The lowest BCUT2D eigenvalue weighted by Crippen LogP contribution is -2.44. The van der Waals surface area contributed by atoms with Gasteiger partial charge in [0.05, 0.1) is 18.1 Å². The fourth-order valence-electron chi connectivity index (χ4n) is 3.50. The molecule has 5 unspecified atom stereocenters. The summed E-state index contributed by atoms with van der Waals surface area (Å²) in [4.78, 5) is 14.0. The normalized spacial score (nSPS) is 48.1. The number of nitrogens with zero attached hydrogens (tertiary/aromatic N) is 1. The van der Waals surface area contributed by atoms with E-state index < -0.39 is 6.29 Å². The zero-order chi connectivity index (χ0) is 10.7. The third-order valence-electron chi connectivity index (χ3n) is 4.09. The van der Waals surface area contributed by atoms with Crippen LogP contribution in [0.3, 0.4) is 0 Å². The van der Waals surface area contributed by atoms with Gasteiger partial charge in [-0.25, -0.2) is 0 Å². The van der Waals surface area contributed by atoms with Crippen LogP contribution in [0.25, 0.3) is 0 Å². The molecule has 5 atom stereocenters. The molecule has 4 nitrogen and oxygen atoms in total. The number of likely N-dealkylation sites (tertiary alicyclic amines) is 1. The third kappa shape index (κ3) is 1.06. The summed E-state index contributed by atoms with van der Waals surface area (Å²) < 4.78 is 5.52. The number of carbonyl (C=O) groups is 1. The van der Waals surface area contributed by atoms with Crippen molar-refractivity contribution in [2.45, 2.75) is 51.2 Å². The maximum atomic E-state index is 12.1. The highest BCUT2D eigenvalue weighted by molar-refractivity contribution is 5.83. The predicted octanol–water partition coefficient (Wildman–Crippen LogP) is 0.349. The second kappa shape index (κ2) is 2.95. The number of hydrogen-bond donors (Lipinski definition) is 1. The molecule has 2 saturated heterocycles. The maximum Gasteiger partial charge on any atom is 0.228 e. The number of carbonyl (C=O) groups excluding carboxylic acids is 1. The molecule has 3 aliphatic rings. The van der Waals surface area contributed by atoms with Crippen molar-refractivity contribution in [1.29, 1.82) is 0 Å². The Balaban J connectivity index is 1.99. The standard InChI is InChI=1S/C11H17NO3/c1-5(2)12-8-6-3-4-7(10(12)13)9(8)15-11(6)14/h5-9,11,14H,3-4H2,1-2H3. The van der Waals surface area contributed by atoms with Crippen LogP contribution in [-0.2, 0) is 9.53 Å². The predicted molar refractivity (Wildman–Crippen MR) is 52.9 cm³/mol. The van der Waals surface area contributed by atoms with Gasteiger partial charge < -0.3 is 14.7 Å². The first-order valence-electron chi connectivity index (χ1n) is 5.77. The molecular formula is C11H17NO3. The number of aliphatic hydroxyl groups is 1. The van der Waals surface area contributed by atoms with E-state index in [4.69, 9.17) is 4.74 Å². The Morgan fingerprint density at radius 1 is 1.47 bits per heavy atom. The van der Waals surface area contributed by atoms with Crippen LogP contribution in [-0.4, -0.2) is 40.4 Å². The molecule has 2 aliphatic heterocycles. The summed E-state index contributed by atoms with van der Waals surface area (Å²) in [5.74, 6) is 0.375. The van der Waals surface area contributed by atoms with Crippen molar-refractivity contribution in [2.24, 2.45) is 11.8 Å². The number of rotatable bonds is 1. The van der Waals surface area contributed by atoms with E-state index in [1.54, 1.807) is 0 Å². The molecule has 3 fully saturated rings. The topological polar surface area (TPSA) is 49.8 Å². The molecule has 4 bridgehead atoms. The van der Waals surface area contributed by atoms with E-state index in [9.17, 15) is 9.90 Å². The van der Waals surface area contributed by atoms with Crippen LogP contribution in [0.4, 0.5) is 0 Å². The summed E-state index contributed by atoms with van der Waals surface area (Å²) in [5, 5.41) is 9.75.